The third-order valence-electron chi connectivity index (χ3n) is 2.52. The average molecular weight is 285 g/mol. The highest BCUT2D eigenvalue weighted by Gasteiger charge is 2.15. The van der Waals surface area contributed by atoms with E-state index >= 15 is 0 Å². The second-order valence-corrected chi connectivity index (χ2v) is 5.94. The number of halogens is 1. The molecule has 106 valence electrons. The van der Waals surface area contributed by atoms with Gasteiger partial charge >= 0.3 is 5.97 Å². The van der Waals surface area contributed by atoms with Gasteiger partial charge in [-0.15, -0.1) is 0 Å². The Kier molecular flexibility index (Phi) is 5.60. The van der Waals surface area contributed by atoms with Crippen molar-refractivity contribution in [2.45, 2.75) is 34.1 Å². The van der Waals surface area contributed by atoms with E-state index in [0.717, 1.165) is 13.0 Å². The van der Waals surface area contributed by atoms with E-state index in [-0.39, 0.29) is 5.41 Å². The molecule has 0 aliphatic carbocycles. The van der Waals surface area contributed by atoms with Crippen LogP contribution in [-0.4, -0.2) is 24.1 Å². The highest BCUT2D eigenvalue weighted by Crippen LogP contribution is 2.21. The predicted molar refractivity (Wildman–Crippen MR) is 77.8 cm³/mol. The molecule has 1 N–H and O–H groups in total. The van der Waals surface area contributed by atoms with Crippen molar-refractivity contribution in [1.29, 1.82) is 0 Å². The third-order valence-corrected chi connectivity index (χ3v) is 2.72. The topological polar surface area (TPSA) is 51.2 Å². The summed E-state index contributed by atoms with van der Waals surface area (Å²) in [6, 6.07) is 1.58. The summed E-state index contributed by atoms with van der Waals surface area (Å²) in [5.41, 5.74) is 0.604. The molecule has 4 nitrogen and oxygen atoms in total. The van der Waals surface area contributed by atoms with E-state index in [4.69, 9.17) is 16.3 Å². The van der Waals surface area contributed by atoms with Gasteiger partial charge < -0.3 is 10.1 Å². The van der Waals surface area contributed by atoms with E-state index in [1.807, 2.05) is 0 Å². The monoisotopic (exact) mass is 284 g/mol. The SMILES string of the molecule is CCOC(=O)c1cc(Cl)cnc1NCCC(C)(C)C. The van der Waals surface area contributed by atoms with Gasteiger partial charge in [0.25, 0.3) is 0 Å². The molecule has 1 aromatic heterocycles. The molecule has 0 spiro atoms. The zero-order chi connectivity index (χ0) is 14.5. The summed E-state index contributed by atoms with van der Waals surface area (Å²) in [6.45, 7) is 9.32. The molecule has 0 saturated heterocycles. The van der Waals surface area contributed by atoms with Crippen molar-refractivity contribution in [2.75, 3.05) is 18.5 Å². The maximum Gasteiger partial charge on any atom is 0.341 e. The first-order valence-electron chi connectivity index (χ1n) is 6.40. The van der Waals surface area contributed by atoms with Crippen molar-refractivity contribution in [3.8, 4) is 0 Å². The molecule has 0 radical (unpaired) electrons. The molecule has 0 atom stereocenters. The molecule has 0 aliphatic rings. The van der Waals surface area contributed by atoms with Crippen molar-refractivity contribution in [1.82, 2.24) is 4.98 Å². The molecule has 0 unspecified atom stereocenters. The highest BCUT2D eigenvalue weighted by atomic mass is 35.5. The third kappa shape index (κ3) is 5.47. The molecule has 0 aliphatic heterocycles. The van der Waals surface area contributed by atoms with Crippen LogP contribution in [0.1, 0.15) is 44.5 Å². The highest BCUT2D eigenvalue weighted by molar-refractivity contribution is 6.30. The molecular weight excluding hydrogens is 264 g/mol. The lowest BCUT2D eigenvalue weighted by Crippen LogP contribution is -2.16. The number of hydrogen-bond acceptors (Lipinski definition) is 4. The Morgan fingerprint density at radius 3 is 2.74 bits per heavy atom. The lowest BCUT2D eigenvalue weighted by atomic mass is 9.92. The summed E-state index contributed by atoms with van der Waals surface area (Å²) in [7, 11) is 0. The normalized spacial score (nSPS) is 11.2. The average Bonchev–Trinajstić information content (AvgIpc) is 2.29. The van der Waals surface area contributed by atoms with Gasteiger partial charge in [0, 0.05) is 12.7 Å². The van der Waals surface area contributed by atoms with Crippen LogP contribution in [0.3, 0.4) is 0 Å². The van der Waals surface area contributed by atoms with Gasteiger partial charge in [-0.25, -0.2) is 9.78 Å². The summed E-state index contributed by atoms with van der Waals surface area (Å²) in [5, 5.41) is 3.59. The van der Waals surface area contributed by atoms with Crippen LogP contribution in [0.4, 0.5) is 5.82 Å². The van der Waals surface area contributed by atoms with Crippen LogP contribution in [0.5, 0.6) is 0 Å². The van der Waals surface area contributed by atoms with E-state index in [0.29, 0.717) is 23.0 Å². The first-order chi connectivity index (χ1) is 8.83. The smallest absolute Gasteiger partial charge is 0.341 e. The van der Waals surface area contributed by atoms with Gasteiger partial charge in [-0.3, -0.25) is 0 Å². The van der Waals surface area contributed by atoms with E-state index in [1.54, 1.807) is 13.0 Å². The predicted octanol–water partition coefficient (Wildman–Crippen LogP) is 3.76. The van der Waals surface area contributed by atoms with Crippen LogP contribution in [0, 0.1) is 5.41 Å². The van der Waals surface area contributed by atoms with E-state index in [2.05, 4.69) is 31.1 Å². The molecular formula is C14H21ClN2O2. The number of rotatable bonds is 5. The second-order valence-electron chi connectivity index (χ2n) is 5.51. The molecule has 0 saturated carbocycles. The number of aromatic nitrogens is 1. The molecule has 5 heteroatoms. The number of anilines is 1. The second kappa shape index (κ2) is 6.75. The van der Waals surface area contributed by atoms with Crippen molar-refractivity contribution >= 4 is 23.4 Å². The van der Waals surface area contributed by atoms with Crippen LogP contribution in [-0.2, 0) is 4.74 Å². The van der Waals surface area contributed by atoms with Gasteiger partial charge in [-0.05, 0) is 24.8 Å². The van der Waals surface area contributed by atoms with Gasteiger partial charge in [0.15, 0.2) is 0 Å². The Balaban J connectivity index is 2.79. The van der Waals surface area contributed by atoms with Crippen LogP contribution in [0.25, 0.3) is 0 Å². The van der Waals surface area contributed by atoms with Crippen molar-refractivity contribution in [3.05, 3.63) is 22.8 Å². The summed E-state index contributed by atoms with van der Waals surface area (Å²) in [4.78, 5) is 16.0. The number of hydrogen-bond donors (Lipinski definition) is 1. The molecule has 1 rings (SSSR count). The minimum Gasteiger partial charge on any atom is -0.462 e. The van der Waals surface area contributed by atoms with Gasteiger partial charge in [-0.2, -0.15) is 0 Å². The number of nitrogens with one attached hydrogen (secondary N) is 1. The fraction of sp³-hybridized carbons (Fsp3) is 0.571. The number of carbonyl (C=O) groups is 1. The summed E-state index contributed by atoms with van der Waals surface area (Å²) in [6.07, 6.45) is 2.49. The number of pyridine rings is 1. The van der Waals surface area contributed by atoms with Gasteiger partial charge in [0.05, 0.1) is 11.6 Å². The number of nitrogens with zero attached hydrogens (tertiary/aromatic N) is 1. The van der Waals surface area contributed by atoms with Gasteiger partial charge in [-0.1, -0.05) is 32.4 Å². The number of carbonyl (C=O) groups excluding carboxylic acids is 1. The fourth-order valence-electron chi connectivity index (χ4n) is 1.50. The van der Waals surface area contributed by atoms with Crippen LogP contribution >= 0.6 is 11.6 Å². The maximum absolute atomic E-state index is 11.8. The minimum absolute atomic E-state index is 0.226. The Morgan fingerprint density at radius 1 is 1.47 bits per heavy atom. The minimum atomic E-state index is -0.407. The Bertz CT molecular complexity index is 442. The van der Waals surface area contributed by atoms with Gasteiger partial charge in [0.1, 0.15) is 11.4 Å². The molecule has 19 heavy (non-hydrogen) atoms. The molecule has 0 bridgehead atoms. The van der Waals surface area contributed by atoms with Gasteiger partial charge in [0.2, 0.25) is 0 Å². The summed E-state index contributed by atoms with van der Waals surface area (Å²) in [5.74, 6) is 0.114. The maximum atomic E-state index is 11.8. The zero-order valence-corrected chi connectivity index (χ0v) is 12.7. The quantitative estimate of drug-likeness (QED) is 0.837. The molecule has 0 amide bonds. The van der Waals surface area contributed by atoms with E-state index < -0.39 is 5.97 Å². The van der Waals surface area contributed by atoms with Crippen LogP contribution < -0.4 is 5.32 Å². The van der Waals surface area contributed by atoms with Crippen molar-refractivity contribution in [3.63, 3.8) is 0 Å². The van der Waals surface area contributed by atoms with Crippen molar-refractivity contribution in [2.24, 2.45) is 5.41 Å². The molecule has 0 fully saturated rings. The molecule has 1 heterocycles. The largest absolute Gasteiger partial charge is 0.462 e. The standard InChI is InChI=1S/C14H21ClN2O2/c1-5-19-13(18)11-8-10(15)9-17-12(11)16-7-6-14(2,3)4/h8-9H,5-7H2,1-4H3,(H,16,17). The van der Waals surface area contributed by atoms with E-state index in [9.17, 15) is 4.79 Å². The lowest BCUT2D eigenvalue weighted by molar-refractivity contribution is 0.0527. The summed E-state index contributed by atoms with van der Waals surface area (Å²) >= 11 is 5.87. The summed E-state index contributed by atoms with van der Waals surface area (Å²) < 4.78 is 4.99. The van der Waals surface area contributed by atoms with Crippen LogP contribution in [0.2, 0.25) is 5.02 Å². The molecule has 1 aromatic rings. The zero-order valence-electron chi connectivity index (χ0n) is 11.9. The Morgan fingerprint density at radius 2 is 2.16 bits per heavy atom. The Hall–Kier alpha value is -1.29. The lowest BCUT2D eigenvalue weighted by Gasteiger charge is -2.19. The first kappa shape index (κ1) is 15.8. The van der Waals surface area contributed by atoms with Crippen molar-refractivity contribution < 1.29 is 9.53 Å². The number of ether oxygens (including phenoxy) is 1. The Labute approximate surface area is 119 Å². The fourth-order valence-corrected chi connectivity index (χ4v) is 1.66. The first-order valence-corrected chi connectivity index (χ1v) is 6.78. The number of esters is 1. The molecule has 0 aromatic carbocycles. The van der Waals surface area contributed by atoms with E-state index in [1.165, 1.54) is 6.20 Å². The van der Waals surface area contributed by atoms with Crippen LogP contribution in [0.15, 0.2) is 12.3 Å².